The maximum Gasteiger partial charge on any atom is 0.154 e. The van der Waals surface area contributed by atoms with Crippen molar-refractivity contribution in [2.75, 3.05) is 0 Å². The summed E-state index contributed by atoms with van der Waals surface area (Å²) in [7, 11) is 0. The zero-order chi connectivity index (χ0) is 15.3. The van der Waals surface area contributed by atoms with Crippen LogP contribution >= 0.6 is 0 Å². The average molecular weight is 299 g/mol. The molecule has 0 aromatic carbocycles. The van der Waals surface area contributed by atoms with Crippen LogP contribution in [0.15, 0.2) is 11.8 Å². The van der Waals surface area contributed by atoms with Crippen molar-refractivity contribution in [3.63, 3.8) is 0 Å². The minimum Gasteiger partial charge on any atom is -0.393 e. The van der Waals surface area contributed by atoms with Crippen LogP contribution in [-0.4, -0.2) is 11.2 Å². The summed E-state index contributed by atoms with van der Waals surface area (Å²) in [4.78, 5) is 3.59. The maximum absolute atomic E-state index is 9.99. The number of fused-ring (bicyclic) bond motifs is 4. The second-order valence-corrected chi connectivity index (χ2v) is 8.77. The van der Waals surface area contributed by atoms with E-state index in [0.29, 0.717) is 5.41 Å². The fourth-order valence-corrected chi connectivity index (χ4v) is 6.81. The first-order chi connectivity index (χ1) is 10.6. The smallest absolute Gasteiger partial charge is 0.154 e. The predicted octanol–water partition coefficient (Wildman–Crippen LogP) is 4.80. The van der Waals surface area contributed by atoms with Gasteiger partial charge in [0.25, 0.3) is 0 Å². The van der Waals surface area contributed by atoms with E-state index in [-0.39, 0.29) is 6.10 Å². The summed E-state index contributed by atoms with van der Waals surface area (Å²) < 4.78 is 0. The molecule has 4 aliphatic rings. The van der Waals surface area contributed by atoms with Crippen LogP contribution in [0.25, 0.3) is 4.85 Å². The van der Waals surface area contributed by atoms with Crippen LogP contribution in [0.2, 0.25) is 0 Å². The Hall–Kier alpha value is -0.810. The predicted molar refractivity (Wildman–Crippen MR) is 87.8 cm³/mol. The zero-order valence-corrected chi connectivity index (χ0v) is 13.8. The standard InChI is InChI=1S/C20H29NO/c1-20-11-14-4-3-13-9-17(22)7-8-18(13)19(14)10-15(20)5-6-16(20)12-21-2/h12-15,17-19,22H,3-11H2,1H3/b16-12-/t13-,14-,15+,17+,18-,19-,20+/m1/s1. The molecule has 0 amide bonds. The third kappa shape index (κ3) is 2.16. The van der Waals surface area contributed by atoms with Crippen LogP contribution in [0.1, 0.15) is 64.7 Å². The number of aliphatic hydroxyl groups excluding tert-OH is 1. The highest BCUT2D eigenvalue weighted by atomic mass is 16.3. The first kappa shape index (κ1) is 14.8. The topological polar surface area (TPSA) is 24.6 Å². The Bertz CT molecular complexity index is 518. The summed E-state index contributed by atoms with van der Waals surface area (Å²) in [6.45, 7) is 9.66. The molecule has 0 aromatic rings. The SMILES string of the molecule is [C-]#[N+]/C=C1/CC[C@H]2C[C@@H]3[C@H](CC[C@@H]4C[C@@H](O)CC[C@H]43)C[C@]12C. The van der Waals surface area contributed by atoms with E-state index >= 15 is 0 Å². The molecular weight excluding hydrogens is 270 g/mol. The Labute approximate surface area is 134 Å². The number of rotatable bonds is 0. The number of nitrogens with zero attached hydrogens (tertiary/aromatic N) is 1. The van der Waals surface area contributed by atoms with Gasteiger partial charge in [-0.15, -0.1) is 0 Å². The van der Waals surface area contributed by atoms with Crippen molar-refractivity contribution in [2.45, 2.75) is 70.8 Å². The van der Waals surface area contributed by atoms with E-state index in [4.69, 9.17) is 6.57 Å². The van der Waals surface area contributed by atoms with E-state index < -0.39 is 0 Å². The van der Waals surface area contributed by atoms with Gasteiger partial charge in [0.05, 0.1) is 12.7 Å². The Morgan fingerprint density at radius 3 is 2.73 bits per heavy atom. The molecule has 0 radical (unpaired) electrons. The van der Waals surface area contributed by atoms with Crippen LogP contribution in [0.4, 0.5) is 0 Å². The maximum atomic E-state index is 9.99. The molecule has 0 unspecified atom stereocenters. The van der Waals surface area contributed by atoms with Gasteiger partial charge in [-0.3, -0.25) is 0 Å². The van der Waals surface area contributed by atoms with E-state index in [1.54, 1.807) is 0 Å². The summed E-state index contributed by atoms with van der Waals surface area (Å²) >= 11 is 0. The van der Waals surface area contributed by atoms with Crippen molar-refractivity contribution in [3.05, 3.63) is 23.2 Å². The average Bonchev–Trinajstić information content (AvgIpc) is 2.81. The molecule has 0 saturated heterocycles. The van der Waals surface area contributed by atoms with Gasteiger partial charge in [-0.2, -0.15) is 0 Å². The Kier molecular flexibility index (Phi) is 3.61. The quantitative estimate of drug-likeness (QED) is 0.638. The highest BCUT2D eigenvalue weighted by molar-refractivity contribution is 5.24. The number of aliphatic hydroxyl groups is 1. The summed E-state index contributed by atoms with van der Waals surface area (Å²) in [6, 6.07) is 0. The first-order valence-corrected chi connectivity index (χ1v) is 9.36. The molecule has 0 spiro atoms. The molecule has 1 N–H and O–H groups in total. The van der Waals surface area contributed by atoms with Crippen LogP contribution in [-0.2, 0) is 0 Å². The molecule has 4 rings (SSSR count). The normalized spacial score (nSPS) is 52.5. The van der Waals surface area contributed by atoms with E-state index in [1.807, 2.05) is 6.20 Å². The third-order valence-corrected chi connectivity index (χ3v) is 7.94. The lowest BCUT2D eigenvalue weighted by atomic mass is 9.51. The number of hydrogen-bond donors (Lipinski definition) is 1. The molecule has 2 heteroatoms. The van der Waals surface area contributed by atoms with Crippen molar-refractivity contribution < 1.29 is 5.11 Å². The number of hydrogen-bond acceptors (Lipinski definition) is 1. The molecule has 0 heterocycles. The molecule has 0 aromatic heterocycles. The summed E-state index contributed by atoms with van der Waals surface area (Å²) in [5, 5.41) is 9.99. The molecule has 22 heavy (non-hydrogen) atoms. The minimum absolute atomic E-state index is 0.0219. The third-order valence-electron chi connectivity index (χ3n) is 7.94. The largest absolute Gasteiger partial charge is 0.393 e. The molecular formula is C20H29NO. The summed E-state index contributed by atoms with van der Waals surface area (Å²) in [5.74, 6) is 4.29. The monoisotopic (exact) mass is 299 g/mol. The molecule has 4 aliphatic carbocycles. The van der Waals surface area contributed by atoms with Gasteiger partial charge in [-0.25, -0.2) is 4.85 Å². The van der Waals surface area contributed by atoms with Gasteiger partial charge in [0.1, 0.15) is 0 Å². The summed E-state index contributed by atoms with van der Waals surface area (Å²) in [5.41, 5.74) is 1.78. The van der Waals surface area contributed by atoms with Crippen LogP contribution < -0.4 is 0 Å². The van der Waals surface area contributed by atoms with Crippen LogP contribution in [0, 0.1) is 41.6 Å². The molecule has 7 atom stereocenters. The van der Waals surface area contributed by atoms with Crippen molar-refractivity contribution in [1.29, 1.82) is 0 Å². The molecule has 4 saturated carbocycles. The van der Waals surface area contributed by atoms with Crippen LogP contribution in [0.5, 0.6) is 0 Å². The fourth-order valence-electron chi connectivity index (χ4n) is 6.81. The minimum atomic E-state index is -0.0219. The lowest BCUT2D eigenvalue weighted by Gasteiger charge is -2.54. The van der Waals surface area contributed by atoms with Crippen LogP contribution in [0.3, 0.4) is 0 Å². The van der Waals surface area contributed by atoms with Crippen molar-refractivity contribution in [1.82, 2.24) is 0 Å². The van der Waals surface area contributed by atoms with Gasteiger partial charge in [0.15, 0.2) is 6.20 Å². The zero-order valence-electron chi connectivity index (χ0n) is 13.8. The lowest BCUT2D eigenvalue weighted by molar-refractivity contribution is -0.0507. The first-order valence-electron chi connectivity index (χ1n) is 9.36. The van der Waals surface area contributed by atoms with Gasteiger partial charge in [-0.05, 0) is 92.8 Å². The van der Waals surface area contributed by atoms with E-state index in [1.165, 1.54) is 44.1 Å². The Morgan fingerprint density at radius 1 is 1.09 bits per heavy atom. The fraction of sp³-hybridized carbons (Fsp3) is 0.850. The second kappa shape index (κ2) is 5.38. The molecule has 0 aliphatic heterocycles. The van der Waals surface area contributed by atoms with Crippen molar-refractivity contribution >= 4 is 0 Å². The van der Waals surface area contributed by atoms with E-state index in [2.05, 4.69) is 11.8 Å². The van der Waals surface area contributed by atoms with Gasteiger partial charge >= 0.3 is 0 Å². The Balaban J connectivity index is 1.57. The Morgan fingerprint density at radius 2 is 1.91 bits per heavy atom. The van der Waals surface area contributed by atoms with E-state index in [9.17, 15) is 5.11 Å². The second-order valence-electron chi connectivity index (χ2n) is 8.77. The van der Waals surface area contributed by atoms with Gasteiger partial charge < -0.3 is 5.11 Å². The highest BCUT2D eigenvalue weighted by Crippen LogP contribution is 2.63. The van der Waals surface area contributed by atoms with Crippen molar-refractivity contribution in [3.8, 4) is 0 Å². The number of allylic oxidation sites excluding steroid dienone is 1. The lowest BCUT2D eigenvalue weighted by Crippen LogP contribution is -2.46. The van der Waals surface area contributed by atoms with Gasteiger partial charge in [-0.1, -0.05) is 12.5 Å². The van der Waals surface area contributed by atoms with Gasteiger partial charge in [0.2, 0.25) is 0 Å². The van der Waals surface area contributed by atoms with E-state index in [0.717, 1.165) is 48.9 Å². The van der Waals surface area contributed by atoms with Crippen molar-refractivity contribution in [2.24, 2.45) is 35.0 Å². The highest BCUT2D eigenvalue weighted by Gasteiger charge is 2.53. The molecule has 120 valence electrons. The molecule has 2 nitrogen and oxygen atoms in total. The summed E-state index contributed by atoms with van der Waals surface area (Å²) in [6.07, 6.45) is 13.1. The molecule has 0 bridgehead atoms. The molecule has 4 fully saturated rings. The van der Waals surface area contributed by atoms with Gasteiger partial charge in [0, 0.05) is 0 Å².